The van der Waals surface area contributed by atoms with E-state index in [9.17, 15) is 14.4 Å². The van der Waals surface area contributed by atoms with Crippen LogP contribution in [0.4, 0.5) is 9.18 Å². The smallest absolute Gasteiger partial charge is 0.339 e. The number of carbonyl (C=O) groups excluding carboxylic acids is 1. The zero-order valence-electron chi connectivity index (χ0n) is 14.9. The lowest BCUT2D eigenvalue weighted by Gasteiger charge is -2.14. The number of primary amides is 1. The summed E-state index contributed by atoms with van der Waals surface area (Å²) in [5, 5.41) is 14.4. The van der Waals surface area contributed by atoms with Crippen molar-refractivity contribution in [3.05, 3.63) is 70.0 Å². The van der Waals surface area contributed by atoms with E-state index in [1.54, 1.807) is 30.3 Å². The van der Waals surface area contributed by atoms with Gasteiger partial charge in [-0.25, -0.2) is 9.18 Å². The van der Waals surface area contributed by atoms with Gasteiger partial charge in [0.15, 0.2) is 6.10 Å². The van der Waals surface area contributed by atoms with Crippen molar-refractivity contribution in [2.45, 2.75) is 25.5 Å². The fraction of sp³-hybridized carbons (Fsp3) is 0.200. The number of benzene rings is 2. The highest BCUT2D eigenvalue weighted by Gasteiger charge is 2.25. The maximum atomic E-state index is 13.1. The number of urea groups is 1. The van der Waals surface area contributed by atoms with Crippen LogP contribution in [0.3, 0.4) is 0 Å². The van der Waals surface area contributed by atoms with Crippen molar-refractivity contribution in [1.82, 2.24) is 5.06 Å². The minimum absolute atomic E-state index is 0.316. The quantitative estimate of drug-likeness (QED) is 0.465. The van der Waals surface area contributed by atoms with E-state index in [4.69, 9.17) is 22.2 Å². The van der Waals surface area contributed by atoms with E-state index in [1.165, 1.54) is 19.1 Å². The van der Waals surface area contributed by atoms with Crippen LogP contribution in [-0.4, -0.2) is 28.1 Å². The molecule has 2 amide bonds. The van der Waals surface area contributed by atoms with Gasteiger partial charge in [0, 0.05) is 22.6 Å². The molecule has 1 aliphatic rings. The van der Waals surface area contributed by atoms with Crippen LogP contribution in [0.1, 0.15) is 36.1 Å². The van der Waals surface area contributed by atoms with E-state index in [2.05, 4.69) is 17.0 Å². The van der Waals surface area contributed by atoms with E-state index < -0.39 is 12.1 Å². The monoisotopic (exact) mass is 401 g/mol. The van der Waals surface area contributed by atoms with Gasteiger partial charge in [-0.05, 0) is 42.8 Å². The van der Waals surface area contributed by atoms with Crippen molar-refractivity contribution in [2.24, 2.45) is 10.9 Å². The van der Waals surface area contributed by atoms with Gasteiger partial charge in [0.2, 0.25) is 0 Å². The Morgan fingerprint density at radius 3 is 2.79 bits per heavy atom. The molecular formula is C20H17ClFN3O3. The minimum Gasteiger partial charge on any atom is -0.387 e. The fourth-order valence-corrected chi connectivity index (χ4v) is 2.88. The summed E-state index contributed by atoms with van der Waals surface area (Å²) in [5.74, 6) is 5.28. The number of rotatable bonds is 3. The molecule has 2 unspecified atom stereocenters. The molecule has 0 spiro atoms. The Hall–Kier alpha value is -3.08. The van der Waals surface area contributed by atoms with E-state index in [-0.39, 0.29) is 11.9 Å². The Morgan fingerprint density at radius 1 is 1.39 bits per heavy atom. The molecule has 0 aliphatic carbocycles. The van der Waals surface area contributed by atoms with Gasteiger partial charge in [0.25, 0.3) is 0 Å². The molecule has 0 bridgehead atoms. The zero-order chi connectivity index (χ0) is 20.3. The summed E-state index contributed by atoms with van der Waals surface area (Å²) < 4.78 is 13.1. The number of carbonyl (C=O) groups is 1. The first-order valence-corrected chi connectivity index (χ1v) is 8.80. The number of nitrogens with two attached hydrogens (primary N) is 1. The highest BCUT2D eigenvalue weighted by Crippen LogP contribution is 2.32. The molecular weight excluding hydrogens is 385 g/mol. The molecule has 3 rings (SSSR count). The summed E-state index contributed by atoms with van der Waals surface area (Å²) in [6.07, 6.45) is 0.157. The van der Waals surface area contributed by atoms with Crippen LogP contribution in [0.5, 0.6) is 0 Å². The van der Waals surface area contributed by atoms with Crippen LogP contribution in [0.25, 0.3) is 0 Å². The highest BCUT2D eigenvalue weighted by atomic mass is 35.5. The molecule has 8 heteroatoms. The maximum absolute atomic E-state index is 13.1. The molecule has 0 radical (unpaired) electrons. The van der Waals surface area contributed by atoms with Gasteiger partial charge in [-0.15, -0.1) is 0 Å². The third-order valence-corrected chi connectivity index (χ3v) is 4.54. The number of nitrogens with zero attached hydrogens (tertiary/aromatic N) is 2. The van der Waals surface area contributed by atoms with Crippen molar-refractivity contribution in [3.8, 4) is 11.8 Å². The Morgan fingerprint density at radius 2 is 2.11 bits per heavy atom. The predicted molar refractivity (Wildman–Crippen MR) is 102 cm³/mol. The molecule has 0 fully saturated rings. The molecule has 144 valence electrons. The third kappa shape index (κ3) is 4.42. The molecule has 3 N–H and O–H groups in total. The second kappa shape index (κ2) is 8.30. The molecule has 0 aromatic heterocycles. The van der Waals surface area contributed by atoms with Crippen molar-refractivity contribution in [2.75, 3.05) is 0 Å². The SMILES string of the molecule is CC(C#Cc1ccc(Cl)c(C2=NOC(c3ccc(F)cc3)C2)c1)N(O)C(N)=O. The van der Waals surface area contributed by atoms with Gasteiger partial charge >= 0.3 is 6.03 Å². The van der Waals surface area contributed by atoms with Crippen LogP contribution in [0, 0.1) is 17.7 Å². The van der Waals surface area contributed by atoms with Gasteiger partial charge in [-0.1, -0.05) is 40.7 Å². The molecule has 6 nitrogen and oxygen atoms in total. The van der Waals surface area contributed by atoms with Gasteiger partial charge in [-0.2, -0.15) is 5.06 Å². The molecule has 0 saturated heterocycles. The molecule has 2 atom stereocenters. The Labute approximate surface area is 166 Å². The van der Waals surface area contributed by atoms with Crippen molar-refractivity contribution >= 4 is 23.3 Å². The summed E-state index contributed by atoms with van der Waals surface area (Å²) in [6.45, 7) is 1.54. The van der Waals surface area contributed by atoms with E-state index >= 15 is 0 Å². The second-order valence-corrected chi connectivity index (χ2v) is 6.62. The topological polar surface area (TPSA) is 88.2 Å². The fourth-order valence-electron chi connectivity index (χ4n) is 2.66. The van der Waals surface area contributed by atoms with Gasteiger partial charge in [-0.3, -0.25) is 5.21 Å². The lowest BCUT2D eigenvalue weighted by atomic mass is 9.99. The number of hydroxylamine groups is 2. The first kappa shape index (κ1) is 19.7. The predicted octanol–water partition coefficient (Wildman–Crippen LogP) is 3.85. The highest BCUT2D eigenvalue weighted by molar-refractivity contribution is 6.34. The average Bonchev–Trinajstić information content (AvgIpc) is 3.16. The van der Waals surface area contributed by atoms with Crippen LogP contribution in [-0.2, 0) is 4.84 Å². The Bertz CT molecular complexity index is 982. The summed E-state index contributed by atoms with van der Waals surface area (Å²) >= 11 is 6.30. The van der Waals surface area contributed by atoms with Crippen LogP contribution >= 0.6 is 11.6 Å². The molecule has 1 aliphatic heterocycles. The number of amides is 2. The van der Waals surface area contributed by atoms with Gasteiger partial charge in [0.1, 0.15) is 11.9 Å². The number of halogens is 2. The molecule has 1 heterocycles. The summed E-state index contributed by atoms with van der Waals surface area (Å²) in [5.41, 5.74) is 7.76. The maximum Gasteiger partial charge on any atom is 0.339 e. The van der Waals surface area contributed by atoms with Crippen LogP contribution < -0.4 is 5.73 Å². The molecule has 2 aromatic carbocycles. The van der Waals surface area contributed by atoms with E-state index in [0.29, 0.717) is 33.3 Å². The number of hydrogen-bond acceptors (Lipinski definition) is 4. The summed E-state index contributed by atoms with van der Waals surface area (Å²) in [6, 6.07) is 9.45. The second-order valence-electron chi connectivity index (χ2n) is 6.21. The lowest BCUT2D eigenvalue weighted by molar-refractivity contribution is -0.0536. The molecule has 28 heavy (non-hydrogen) atoms. The van der Waals surface area contributed by atoms with Gasteiger partial charge in [0.05, 0.1) is 5.71 Å². The first-order chi connectivity index (χ1) is 13.3. The number of hydrogen-bond donors (Lipinski definition) is 2. The van der Waals surface area contributed by atoms with Crippen molar-refractivity contribution < 1.29 is 19.2 Å². The van der Waals surface area contributed by atoms with E-state index in [1.807, 2.05) is 0 Å². The summed E-state index contributed by atoms with van der Waals surface area (Å²) in [4.78, 5) is 16.4. The largest absolute Gasteiger partial charge is 0.387 e. The number of oxime groups is 1. The molecule has 0 saturated carbocycles. The normalized spacial score (nSPS) is 16.4. The standard InChI is InChI=1S/C20H17ClFN3O3/c1-12(25(27)20(23)26)2-3-13-4-9-17(21)16(10-13)18-11-19(28-24-18)14-5-7-15(22)8-6-14/h4-10,12,19,27H,11H2,1H3,(H2,23,26). The first-order valence-electron chi connectivity index (χ1n) is 8.42. The van der Waals surface area contributed by atoms with Crippen molar-refractivity contribution in [3.63, 3.8) is 0 Å². The van der Waals surface area contributed by atoms with E-state index in [0.717, 1.165) is 5.56 Å². The minimum atomic E-state index is -0.983. The van der Waals surface area contributed by atoms with Crippen LogP contribution in [0.15, 0.2) is 47.6 Å². The average molecular weight is 402 g/mol. The van der Waals surface area contributed by atoms with Gasteiger partial charge < -0.3 is 10.6 Å². The molecule has 2 aromatic rings. The Balaban J connectivity index is 1.77. The summed E-state index contributed by atoms with van der Waals surface area (Å²) in [7, 11) is 0. The third-order valence-electron chi connectivity index (χ3n) is 4.21. The lowest BCUT2D eigenvalue weighted by Crippen LogP contribution is -2.38. The van der Waals surface area contributed by atoms with Crippen molar-refractivity contribution in [1.29, 1.82) is 0 Å². The van der Waals surface area contributed by atoms with Crippen LogP contribution in [0.2, 0.25) is 5.02 Å². The zero-order valence-corrected chi connectivity index (χ0v) is 15.7. The Kier molecular flexibility index (Phi) is 5.83.